The van der Waals surface area contributed by atoms with Gasteiger partial charge in [-0.15, -0.1) is 0 Å². The first-order chi connectivity index (χ1) is 37.6. The van der Waals surface area contributed by atoms with E-state index in [0.717, 1.165) is 47.0 Å². The first-order valence-corrected chi connectivity index (χ1v) is 26.5. The second kappa shape index (κ2) is 18.0. The molecule has 2 nitrogen and oxygen atoms in total. The minimum atomic E-state index is 1.02. The lowest BCUT2D eigenvalue weighted by molar-refractivity contribution is 0.986. The van der Waals surface area contributed by atoms with Crippen LogP contribution in [0.2, 0.25) is 0 Å². The molecule has 0 atom stereocenters. The van der Waals surface area contributed by atoms with Gasteiger partial charge in [-0.3, -0.25) is 0 Å². The standard InChI is InChI=1S/C74H50N2/c1-6-20-55-42-60(29-28-49(55)14-1)73-69-40-38-66(76(63-36-32-52-17-4-9-23-58(52)45-63)64-37-33-53-18-5-10-24-59(53)46-64)48-72(69)74(68-27-13-25-54-19-11-12-26-67(54)68)70-41-39-65(47-71(70)73)75(61-34-30-50-15-2-7-21-56(50)43-61)62-35-31-51-16-3-8-22-57(51)44-62/h1-5,7-19,21-48H,6,20H2. The summed E-state index contributed by atoms with van der Waals surface area (Å²) in [6.45, 7) is 0. The van der Waals surface area contributed by atoms with Crippen molar-refractivity contribution in [2.75, 3.05) is 9.80 Å². The highest BCUT2D eigenvalue weighted by molar-refractivity contribution is 6.25. The summed E-state index contributed by atoms with van der Waals surface area (Å²) in [5.74, 6) is 0. The van der Waals surface area contributed by atoms with Gasteiger partial charge in [0.25, 0.3) is 0 Å². The van der Waals surface area contributed by atoms with Gasteiger partial charge in [-0.05, 0) is 194 Å². The number of nitrogens with zero attached hydrogens (tertiary/aromatic N) is 2. The molecule has 1 aliphatic carbocycles. The second-order valence-corrected chi connectivity index (χ2v) is 20.4. The molecular formula is C74H50N2. The molecule has 15 rings (SSSR count). The third-order valence-corrected chi connectivity index (χ3v) is 15.9. The lowest BCUT2D eigenvalue weighted by atomic mass is 9.83. The molecule has 0 heterocycles. The fraction of sp³-hybridized carbons (Fsp3) is 0.0270. The largest absolute Gasteiger partial charge is 0.310 e. The predicted molar refractivity (Wildman–Crippen MR) is 327 cm³/mol. The van der Waals surface area contributed by atoms with E-state index < -0.39 is 0 Å². The van der Waals surface area contributed by atoms with Gasteiger partial charge < -0.3 is 9.80 Å². The van der Waals surface area contributed by atoms with Crippen molar-refractivity contribution < 1.29 is 0 Å². The molecular weight excluding hydrogens is 917 g/mol. The first-order valence-electron chi connectivity index (χ1n) is 26.5. The van der Waals surface area contributed by atoms with Crippen molar-refractivity contribution in [3.8, 4) is 22.3 Å². The van der Waals surface area contributed by atoms with E-state index in [1.807, 2.05) is 0 Å². The predicted octanol–water partition coefficient (Wildman–Crippen LogP) is 21.0. The first kappa shape index (κ1) is 43.8. The van der Waals surface area contributed by atoms with Crippen LogP contribution >= 0.6 is 0 Å². The molecule has 0 amide bonds. The van der Waals surface area contributed by atoms with E-state index in [1.165, 1.54) is 109 Å². The highest BCUT2D eigenvalue weighted by atomic mass is 15.1. The Balaban J connectivity index is 1.05. The molecule has 14 aromatic rings. The summed E-state index contributed by atoms with van der Waals surface area (Å²) >= 11 is 0. The van der Waals surface area contributed by atoms with Crippen LogP contribution in [0.25, 0.3) is 104 Å². The highest BCUT2D eigenvalue weighted by Crippen LogP contribution is 2.50. The van der Waals surface area contributed by atoms with Crippen molar-refractivity contribution in [1.29, 1.82) is 0 Å². The zero-order chi connectivity index (χ0) is 50.1. The maximum atomic E-state index is 2.48. The van der Waals surface area contributed by atoms with Gasteiger partial charge in [0.1, 0.15) is 0 Å². The van der Waals surface area contributed by atoms with Gasteiger partial charge in [-0.1, -0.05) is 206 Å². The Morgan fingerprint density at radius 2 is 0.671 bits per heavy atom. The summed E-state index contributed by atoms with van der Waals surface area (Å²) in [5.41, 5.74) is 14.2. The van der Waals surface area contributed by atoms with E-state index in [9.17, 15) is 0 Å². The maximum absolute atomic E-state index is 2.48. The van der Waals surface area contributed by atoms with Crippen LogP contribution in [-0.2, 0) is 6.42 Å². The maximum Gasteiger partial charge on any atom is 0.0468 e. The van der Waals surface area contributed by atoms with Crippen LogP contribution in [-0.4, -0.2) is 0 Å². The van der Waals surface area contributed by atoms with Gasteiger partial charge in [0.2, 0.25) is 0 Å². The number of allylic oxidation sites excluding steroid dienone is 1. The van der Waals surface area contributed by atoms with Gasteiger partial charge in [0, 0.05) is 34.1 Å². The van der Waals surface area contributed by atoms with Crippen LogP contribution in [0.4, 0.5) is 34.1 Å². The van der Waals surface area contributed by atoms with Crippen LogP contribution in [0.15, 0.2) is 273 Å². The molecule has 0 aliphatic heterocycles. The minimum Gasteiger partial charge on any atom is -0.310 e. The Morgan fingerprint density at radius 3 is 1.18 bits per heavy atom. The third-order valence-electron chi connectivity index (χ3n) is 15.9. The summed E-state index contributed by atoms with van der Waals surface area (Å²) in [5, 5.41) is 17.0. The third kappa shape index (κ3) is 7.49. The van der Waals surface area contributed by atoms with Crippen molar-refractivity contribution in [3.63, 3.8) is 0 Å². The Morgan fingerprint density at radius 1 is 0.263 bits per heavy atom. The molecule has 0 radical (unpaired) electrons. The minimum absolute atomic E-state index is 1.02. The van der Waals surface area contributed by atoms with Crippen LogP contribution in [0.1, 0.15) is 17.5 Å². The molecule has 0 N–H and O–H groups in total. The van der Waals surface area contributed by atoms with Crippen molar-refractivity contribution in [1.82, 2.24) is 0 Å². The average Bonchev–Trinajstić information content (AvgIpc) is 3.58. The number of aryl methyl sites for hydroxylation is 1. The SMILES string of the molecule is C1=Cc2ccc(-c3c4cc(N(c5ccc6ccccc6c5)c5ccc6ccccc6c5)ccc4c(-c4cccc5ccccc45)c4cc(N(c5ccc6ccccc6c5)c5ccc6ccccc6c5)ccc34)cc2CC1. The molecule has 0 spiro atoms. The Hall–Kier alpha value is -9.76. The van der Waals surface area contributed by atoms with Crippen LogP contribution in [0, 0.1) is 0 Å². The molecule has 14 aromatic carbocycles. The Bertz CT molecular complexity index is 4510. The molecule has 356 valence electrons. The van der Waals surface area contributed by atoms with Crippen molar-refractivity contribution in [2.45, 2.75) is 12.8 Å². The van der Waals surface area contributed by atoms with Crippen molar-refractivity contribution in [3.05, 3.63) is 284 Å². The van der Waals surface area contributed by atoms with Crippen LogP contribution in [0.5, 0.6) is 0 Å². The second-order valence-electron chi connectivity index (χ2n) is 20.4. The summed E-state index contributed by atoms with van der Waals surface area (Å²) in [6, 6.07) is 99.6. The molecule has 76 heavy (non-hydrogen) atoms. The molecule has 0 unspecified atom stereocenters. The lowest BCUT2D eigenvalue weighted by Gasteiger charge is -2.29. The van der Waals surface area contributed by atoms with Crippen molar-refractivity contribution >= 4 is 116 Å². The molecule has 0 saturated carbocycles. The number of benzene rings is 14. The van der Waals surface area contributed by atoms with Gasteiger partial charge in [-0.2, -0.15) is 0 Å². The average molecular weight is 967 g/mol. The lowest BCUT2D eigenvalue weighted by Crippen LogP contribution is -2.10. The number of hydrogen-bond acceptors (Lipinski definition) is 2. The number of anilines is 6. The number of rotatable bonds is 8. The zero-order valence-electron chi connectivity index (χ0n) is 41.9. The molecule has 0 aromatic heterocycles. The highest BCUT2D eigenvalue weighted by Gasteiger charge is 2.24. The van der Waals surface area contributed by atoms with Gasteiger partial charge in [0.15, 0.2) is 0 Å². The van der Waals surface area contributed by atoms with E-state index in [0.29, 0.717) is 0 Å². The van der Waals surface area contributed by atoms with Gasteiger partial charge in [-0.25, -0.2) is 0 Å². The van der Waals surface area contributed by atoms with E-state index in [1.54, 1.807) is 0 Å². The normalized spacial score (nSPS) is 12.3. The summed E-state index contributed by atoms with van der Waals surface area (Å²) in [4.78, 5) is 4.91. The van der Waals surface area contributed by atoms with Gasteiger partial charge >= 0.3 is 0 Å². The Kier molecular flexibility index (Phi) is 10.4. The fourth-order valence-electron chi connectivity index (χ4n) is 12.3. The van der Waals surface area contributed by atoms with Crippen LogP contribution < -0.4 is 9.80 Å². The van der Waals surface area contributed by atoms with E-state index in [4.69, 9.17) is 0 Å². The van der Waals surface area contributed by atoms with Crippen molar-refractivity contribution in [2.24, 2.45) is 0 Å². The van der Waals surface area contributed by atoms with Crippen LogP contribution in [0.3, 0.4) is 0 Å². The molecule has 1 aliphatic rings. The quantitative estimate of drug-likeness (QED) is 0.140. The zero-order valence-corrected chi connectivity index (χ0v) is 41.9. The van der Waals surface area contributed by atoms with E-state index in [-0.39, 0.29) is 0 Å². The van der Waals surface area contributed by atoms with E-state index in [2.05, 4.69) is 289 Å². The molecule has 0 fully saturated rings. The number of fused-ring (bicyclic) bond motifs is 8. The smallest absolute Gasteiger partial charge is 0.0468 e. The summed E-state index contributed by atoms with van der Waals surface area (Å²) < 4.78 is 0. The summed E-state index contributed by atoms with van der Waals surface area (Å²) in [6.07, 6.45) is 6.66. The molecule has 0 saturated heterocycles. The topological polar surface area (TPSA) is 6.48 Å². The van der Waals surface area contributed by atoms with Gasteiger partial charge in [0.05, 0.1) is 0 Å². The number of hydrogen-bond donors (Lipinski definition) is 0. The van der Waals surface area contributed by atoms with E-state index >= 15 is 0 Å². The monoisotopic (exact) mass is 966 g/mol. The fourth-order valence-corrected chi connectivity index (χ4v) is 12.3. The Labute approximate surface area is 442 Å². The summed E-state index contributed by atoms with van der Waals surface area (Å²) in [7, 11) is 0. The molecule has 2 heteroatoms. The molecule has 0 bridgehead atoms.